The third-order valence-corrected chi connectivity index (χ3v) is 5.18. The predicted octanol–water partition coefficient (Wildman–Crippen LogP) is 4.04. The van der Waals surface area contributed by atoms with Crippen molar-refractivity contribution < 1.29 is 18.8 Å². The molecule has 0 radical (unpaired) electrons. The zero-order chi connectivity index (χ0) is 20.4. The maximum Gasteiger partial charge on any atom is 0.254 e. The van der Waals surface area contributed by atoms with E-state index in [0.29, 0.717) is 35.3 Å². The maximum atomic E-state index is 13.2. The van der Waals surface area contributed by atoms with Crippen LogP contribution in [0.5, 0.6) is 11.5 Å². The number of rotatable bonds is 5. The van der Waals surface area contributed by atoms with Crippen LogP contribution in [0.3, 0.4) is 0 Å². The first kappa shape index (κ1) is 19.0. The SMILES string of the molecule is COc1ccc(C(=O)N2CCC[C@H]2c2nc(-c3ccc(C)cc3)no2)cc1OC. The van der Waals surface area contributed by atoms with Crippen LogP contribution in [0, 0.1) is 6.92 Å². The zero-order valence-electron chi connectivity index (χ0n) is 16.7. The number of nitrogens with zero attached hydrogens (tertiary/aromatic N) is 3. The topological polar surface area (TPSA) is 77.7 Å². The van der Waals surface area contributed by atoms with Crippen LogP contribution in [0.4, 0.5) is 0 Å². The molecule has 2 aromatic carbocycles. The Morgan fingerprint density at radius 2 is 1.86 bits per heavy atom. The molecule has 0 saturated carbocycles. The van der Waals surface area contributed by atoms with Gasteiger partial charge in [0.1, 0.15) is 6.04 Å². The fraction of sp³-hybridized carbons (Fsp3) is 0.318. The highest BCUT2D eigenvalue weighted by Gasteiger charge is 2.35. The monoisotopic (exact) mass is 393 g/mol. The molecule has 0 spiro atoms. The highest BCUT2D eigenvalue weighted by atomic mass is 16.5. The van der Waals surface area contributed by atoms with Crippen LogP contribution >= 0.6 is 0 Å². The molecule has 29 heavy (non-hydrogen) atoms. The first-order chi connectivity index (χ1) is 14.1. The van der Waals surface area contributed by atoms with E-state index in [2.05, 4.69) is 10.1 Å². The lowest BCUT2D eigenvalue weighted by molar-refractivity contribution is 0.0709. The molecule has 1 fully saturated rings. The second-order valence-electron chi connectivity index (χ2n) is 7.05. The highest BCUT2D eigenvalue weighted by molar-refractivity contribution is 5.95. The Labute approximate surface area is 169 Å². The number of aromatic nitrogens is 2. The lowest BCUT2D eigenvalue weighted by Crippen LogP contribution is -2.30. The third-order valence-electron chi connectivity index (χ3n) is 5.18. The van der Waals surface area contributed by atoms with E-state index in [-0.39, 0.29) is 11.9 Å². The van der Waals surface area contributed by atoms with Gasteiger partial charge in [-0.3, -0.25) is 4.79 Å². The number of amides is 1. The average molecular weight is 393 g/mol. The molecule has 7 nitrogen and oxygen atoms in total. The van der Waals surface area contributed by atoms with Gasteiger partial charge in [0.15, 0.2) is 11.5 Å². The van der Waals surface area contributed by atoms with Gasteiger partial charge in [0.25, 0.3) is 5.91 Å². The van der Waals surface area contributed by atoms with Crippen LogP contribution in [0.15, 0.2) is 47.0 Å². The van der Waals surface area contributed by atoms with Crippen LogP contribution in [0.1, 0.15) is 40.7 Å². The van der Waals surface area contributed by atoms with Crippen molar-refractivity contribution in [1.29, 1.82) is 0 Å². The fourth-order valence-electron chi connectivity index (χ4n) is 3.59. The molecular weight excluding hydrogens is 370 g/mol. The van der Waals surface area contributed by atoms with Gasteiger partial charge in [-0.15, -0.1) is 0 Å². The summed E-state index contributed by atoms with van der Waals surface area (Å²) in [5.41, 5.74) is 2.59. The summed E-state index contributed by atoms with van der Waals surface area (Å²) < 4.78 is 16.1. The molecule has 3 aromatic rings. The van der Waals surface area contributed by atoms with Gasteiger partial charge in [0.05, 0.1) is 14.2 Å². The van der Waals surface area contributed by atoms with Crippen LogP contribution in [-0.2, 0) is 0 Å². The summed E-state index contributed by atoms with van der Waals surface area (Å²) in [6.45, 7) is 2.67. The minimum Gasteiger partial charge on any atom is -0.493 e. The van der Waals surface area contributed by atoms with Crippen LogP contribution in [0.25, 0.3) is 11.4 Å². The molecule has 0 bridgehead atoms. The predicted molar refractivity (Wildman–Crippen MR) is 107 cm³/mol. The van der Waals surface area contributed by atoms with Crippen LogP contribution in [0.2, 0.25) is 0 Å². The van der Waals surface area contributed by atoms with E-state index in [1.54, 1.807) is 37.3 Å². The van der Waals surface area contributed by atoms with E-state index >= 15 is 0 Å². The molecule has 1 aliphatic rings. The third kappa shape index (κ3) is 3.68. The summed E-state index contributed by atoms with van der Waals surface area (Å²) in [4.78, 5) is 19.5. The average Bonchev–Trinajstić information content (AvgIpc) is 3.42. The zero-order valence-corrected chi connectivity index (χ0v) is 16.7. The summed E-state index contributed by atoms with van der Waals surface area (Å²) in [5.74, 6) is 2.01. The molecule has 0 aliphatic carbocycles. The first-order valence-electron chi connectivity index (χ1n) is 9.54. The highest BCUT2D eigenvalue weighted by Crippen LogP contribution is 2.35. The maximum absolute atomic E-state index is 13.2. The summed E-state index contributed by atoms with van der Waals surface area (Å²) >= 11 is 0. The van der Waals surface area contributed by atoms with Gasteiger partial charge in [-0.2, -0.15) is 4.98 Å². The van der Waals surface area contributed by atoms with Gasteiger partial charge in [-0.05, 0) is 38.0 Å². The van der Waals surface area contributed by atoms with E-state index < -0.39 is 0 Å². The van der Waals surface area contributed by atoms with E-state index in [4.69, 9.17) is 14.0 Å². The second-order valence-corrected chi connectivity index (χ2v) is 7.05. The van der Waals surface area contributed by atoms with Crippen LogP contribution in [-0.4, -0.2) is 41.7 Å². The van der Waals surface area contributed by atoms with Crippen molar-refractivity contribution in [2.45, 2.75) is 25.8 Å². The normalized spacial score (nSPS) is 16.1. The molecule has 0 unspecified atom stereocenters. The van der Waals surface area contributed by atoms with Crippen molar-refractivity contribution >= 4 is 5.91 Å². The number of aryl methyl sites for hydroxylation is 1. The number of likely N-dealkylation sites (tertiary alicyclic amines) is 1. The Balaban J connectivity index is 1.58. The van der Waals surface area contributed by atoms with Crippen molar-refractivity contribution in [1.82, 2.24) is 15.0 Å². The van der Waals surface area contributed by atoms with E-state index in [9.17, 15) is 4.79 Å². The number of benzene rings is 2. The number of carbonyl (C=O) groups is 1. The van der Waals surface area contributed by atoms with Crippen molar-refractivity contribution in [3.05, 3.63) is 59.5 Å². The molecule has 150 valence electrons. The summed E-state index contributed by atoms with van der Waals surface area (Å²) in [6, 6.07) is 12.9. The Morgan fingerprint density at radius 1 is 1.10 bits per heavy atom. The number of carbonyl (C=O) groups excluding carboxylic acids is 1. The van der Waals surface area contributed by atoms with Crippen molar-refractivity contribution in [3.63, 3.8) is 0 Å². The lowest BCUT2D eigenvalue weighted by atomic mass is 10.1. The molecule has 1 amide bonds. The molecule has 4 rings (SSSR count). The quantitative estimate of drug-likeness (QED) is 0.651. The number of ether oxygens (including phenoxy) is 2. The number of hydrogen-bond acceptors (Lipinski definition) is 6. The Morgan fingerprint density at radius 3 is 2.59 bits per heavy atom. The van der Waals surface area contributed by atoms with Crippen LogP contribution < -0.4 is 9.47 Å². The van der Waals surface area contributed by atoms with Gasteiger partial charge >= 0.3 is 0 Å². The summed E-state index contributed by atoms with van der Waals surface area (Å²) in [7, 11) is 3.12. The summed E-state index contributed by atoms with van der Waals surface area (Å²) in [6.07, 6.45) is 1.67. The molecular formula is C22H23N3O4. The smallest absolute Gasteiger partial charge is 0.254 e. The Hall–Kier alpha value is -3.35. The second kappa shape index (κ2) is 7.95. The van der Waals surface area contributed by atoms with E-state index in [1.807, 2.05) is 31.2 Å². The Bertz CT molecular complexity index is 1010. The van der Waals surface area contributed by atoms with Gasteiger partial charge < -0.3 is 18.9 Å². The van der Waals surface area contributed by atoms with E-state index in [1.165, 1.54) is 5.56 Å². The van der Waals surface area contributed by atoms with Gasteiger partial charge in [-0.25, -0.2) is 0 Å². The lowest BCUT2D eigenvalue weighted by Gasteiger charge is -2.22. The molecule has 7 heteroatoms. The number of hydrogen-bond donors (Lipinski definition) is 0. The van der Waals surface area contributed by atoms with Crippen molar-refractivity contribution in [3.8, 4) is 22.9 Å². The van der Waals surface area contributed by atoms with Gasteiger partial charge in [-0.1, -0.05) is 35.0 Å². The molecule has 1 saturated heterocycles. The minimum absolute atomic E-state index is 0.0939. The standard InChI is InChI=1S/C22H23N3O4/c1-14-6-8-15(9-7-14)20-23-21(29-24-20)17-5-4-12-25(17)22(26)16-10-11-18(27-2)19(13-16)28-3/h6-11,13,17H,4-5,12H2,1-3H3/t17-/m0/s1. The summed E-state index contributed by atoms with van der Waals surface area (Å²) in [5, 5.41) is 4.12. The minimum atomic E-state index is -0.234. The fourth-order valence-corrected chi connectivity index (χ4v) is 3.59. The van der Waals surface area contributed by atoms with Crippen molar-refractivity contribution in [2.24, 2.45) is 0 Å². The molecule has 0 N–H and O–H groups in total. The van der Waals surface area contributed by atoms with E-state index in [0.717, 1.165) is 18.4 Å². The molecule has 2 heterocycles. The molecule has 1 aromatic heterocycles. The van der Waals surface area contributed by atoms with Gasteiger partial charge in [0, 0.05) is 17.7 Å². The van der Waals surface area contributed by atoms with Gasteiger partial charge in [0.2, 0.25) is 11.7 Å². The largest absolute Gasteiger partial charge is 0.493 e. The number of methoxy groups -OCH3 is 2. The first-order valence-corrected chi connectivity index (χ1v) is 9.54. The van der Waals surface area contributed by atoms with Crippen molar-refractivity contribution in [2.75, 3.05) is 20.8 Å². The Kier molecular flexibility index (Phi) is 5.20. The molecule has 1 aliphatic heterocycles. The molecule has 1 atom stereocenters.